The van der Waals surface area contributed by atoms with Crippen molar-refractivity contribution < 1.29 is 4.79 Å². The van der Waals surface area contributed by atoms with Gasteiger partial charge < -0.3 is 9.88 Å². The summed E-state index contributed by atoms with van der Waals surface area (Å²) in [4.78, 5) is 21.5. The van der Waals surface area contributed by atoms with Gasteiger partial charge in [0.2, 0.25) is 0 Å². The smallest absolute Gasteiger partial charge is 0.275 e. The first-order chi connectivity index (χ1) is 13.8. The van der Waals surface area contributed by atoms with E-state index in [4.69, 9.17) is 0 Å². The molecule has 5 nitrogen and oxygen atoms in total. The highest BCUT2D eigenvalue weighted by Gasteiger charge is 2.17. The molecule has 0 bridgehead atoms. The highest BCUT2D eigenvalue weighted by atomic mass is 32.1. The van der Waals surface area contributed by atoms with Crippen LogP contribution >= 0.6 is 11.3 Å². The molecule has 5 rings (SSSR count). The van der Waals surface area contributed by atoms with Crippen molar-refractivity contribution in [2.75, 3.05) is 5.32 Å². The molecule has 0 spiro atoms. The molecule has 28 heavy (non-hydrogen) atoms. The van der Waals surface area contributed by atoms with Crippen LogP contribution in [0.15, 0.2) is 66.2 Å². The number of aryl methyl sites for hydroxylation is 1. The number of benzene rings is 2. The number of hydrogen-bond donors (Lipinski definition) is 1. The van der Waals surface area contributed by atoms with Crippen LogP contribution in [0.3, 0.4) is 0 Å². The standard InChI is InChI=1S/C22H18N4OS/c27-21(18-14-28-22(25-18)16-5-2-1-3-6-16)24-17-10-8-15(9-11-17)19-13-23-20-7-4-12-26(19)20/h1-3,5-6,8-11,13-14H,4,7,12H2,(H,24,27). The van der Waals surface area contributed by atoms with Gasteiger partial charge in [0.1, 0.15) is 16.5 Å². The molecule has 0 saturated heterocycles. The van der Waals surface area contributed by atoms with Crippen LogP contribution in [-0.4, -0.2) is 20.4 Å². The molecule has 138 valence electrons. The number of carbonyl (C=O) groups is 1. The van der Waals surface area contributed by atoms with Crippen molar-refractivity contribution in [1.29, 1.82) is 0 Å². The third-order valence-electron chi connectivity index (χ3n) is 4.92. The van der Waals surface area contributed by atoms with E-state index in [0.29, 0.717) is 5.69 Å². The van der Waals surface area contributed by atoms with Gasteiger partial charge in [0.15, 0.2) is 0 Å². The van der Waals surface area contributed by atoms with Gasteiger partial charge in [0.25, 0.3) is 5.91 Å². The molecule has 0 fully saturated rings. The van der Waals surface area contributed by atoms with E-state index in [9.17, 15) is 4.79 Å². The summed E-state index contributed by atoms with van der Waals surface area (Å²) in [7, 11) is 0. The van der Waals surface area contributed by atoms with Crippen molar-refractivity contribution in [3.63, 3.8) is 0 Å². The van der Waals surface area contributed by atoms with Crippen molar-refractivity contribution in [1.82, 2.24) is 14.5 Å². The first-order valence-corrected chi connectivity index (χ1v) is 10.1. The highest BCUT2D eigenvalue weighted by molar-refractivity contribution is 7.13. The summed E-state index contributed by atoms with van der Waals surface area (Å²) in [6, 6.07) is 17.8. The molecule has 0 unspecified atom stereocenters. The molecule has 1 aliphatic heterocycles. The number of nitrogens with one attached hydrogen (secondary N) is 1. The van der Waals surface area contributed by atoms with Crippen molar-refractivity contribution in [3.05, 3.63) is 77.7 Å². The Morgan fingerprint density at radius 3 is 2.68 bits per heavy atom. The predicted octanol–water partition coefficient (Wildman–Crippen LogP) is 4.87. The number of thiazole rings is 1. The van der Waals surface area contributed by atoms with E-state index in [1.54, 1.807) is 5.38 Å². The summed E-state index contributed by atoms with van der Waals surface area (Å²) in [5, 5.41) is 5.57. The molecule has 4 aromatic rings. The number of amides is 1. The molecule has 0 radical (unpaired) electrons. The molecule has 1 N–H and O–H groups in total. The van der Waals surface area contributed by atoms with Gasteiger partial charge in [-0.25, -0.2) is 9.97 Å². The van der Waals surface area contributed by atoms with E-state index in [-0.39, 0.29) is 5.91 Å². The zero-order chi connectivity index (χ0) is 18.9. The molecule has 1 amide bonds. The molecule has 3 heterocycles. The normalized spacial score (nSPS) is 12.7. The second kappa shape index (κ2) is 7.05. The maximum Gasteiger partial charge on any atom is 0.275 e. The Labute approximate surface area is 166 Å². The van der Waals surface area contributed by atoms with E-state index in [0.717, 1.165) is 52.7 Å². The Morgan fingerprint density at radius 1 is 1.04 bits per heavy atom. The Hall–Kier alpha value is -3.25. The molecule has 2 aromatic heterocycles. The monoisotopic (exact) mass is 386 g/mol. The van der Waals surface area contributed by atoms with E-state index in [1.165, 1.54) is 11.3 Å². The van der Waals surface area contributed by atoms with Gasteiger partial charge in [-0.05, 0) is 24.1 Å². The molecular weight excluding hydrogens is 368 g/mol. The summed E-state index contributed by atoms with van der Waals surface area (Å²) in [5.41, 5.74) is 4.45. The zero-order valence-electron chi connectivity index (χ0n) is 15.1. The van der Waals surface area contributed by atoms with E-state index >= 15 is 0 Å². The second-order valence-electron chi connectivity index (χ2n) is 6.75. The maximum absolute atomic E-state index is 12.5. The largest absolute Gasteiger partial charge is 0.328 e. The minimum atomic E-state index is -0.198. The number of imidazole rings is 1. The molecule has 1 aliphatic rings. The lowest BCUT2D eigenvalue weighted by Gasteiger charge is -2.07. The molecule has 6 heteroatoms. The van der Waals surface area contributed by atoms with Crippen LogP contribution in [0.25, 0.3) is 21.8 Å². The first kappa shape index (κ1) is 16.9. The van der Waals surface area contributed by atoms with Gasteiger partial charge >= 0.3 is 0 Å². The van der Waals surface area contributed by atoms with Gasteiger partial charge in [0, 0.05) is 29.6 Å². The van der Waals surface area contributed by atoms with Crippen LogP contribution in [0.4, 0.5) is 5.69 Å². The average Bonchev–Trinajstić information content (AvgIpc) is 3.46. The van der Waals surface area contributed by atoms with Gasteiger partial charge in [-0.3, -0.25) is 4.79 Å². The number of anilines is 1. The van der Waals surface area contributed by atoms with E-state index in [1.807, 2.05) is 60.8 Å². The van der Waals surface area contributed by atoms with Crippen LogP contribution in [-0.2, 0) is 13.0 Å². The van der Waals surface area contributed by atoms with Crippen molar-refractivity contribution >= 4 is 22.9 Å². The molecule has 0 aliphatic carbocycles. The topological polar surface area (TPSA) is 59.8 Å². The van der Waals surface area contributed by atoms with Gasteiger partial charge in [-0.2, -0.15) is 0 Å². The molecule has 0 saturated carbocycles. The number of rotatable bonds is 4. The summed E-state index contributed by atoms with van der Waals surface area (Å²) < 4.78 is 2.27. The quantitative estimate of drug-likeness (QED) is 0.544. The third-order valence-corrected chi connectivity index (χ3v) is 5.81. The molecule has 2 aromatic carbocycles. The van der Waals surface area contributed by atoms with Gasteiger partial charge in [-0.15, -0.1) is 11.3 Å². The fourth-order valence-electron chi connectivity index (χ4n) is 3.50. The van der Waals surface area contributed by atoms with Crippen molar-refractivity contribution in [2.45, 2.75) is 19.4 Å². The zero-order valence-corrected chi connectivity index (χ0v) is 15.9. The number of fused-ring (bicyclic) bond motifs is 1. The van der Waals surface area contributed by atoms with Crippen molar-refractivity contribution in [2.24, 2.45) is 0 Å². The Bertz CT molecular complexity index is 1130. The van der Waals surface area contributed by atoms with Crippen LogP contribution < -0.4 is 5.32 Å². The summed E-state index contributed by atoms with van der Waals surface area (Å²) in [6.07, 6.45) is 4.14. The summed E-state index contributed by atoms with van der Waals surface area (Å²) in [5.74, 6) is 0.960. The van der Waals surface area contributed by atoms with Crippen LogP contribution in [0.2, 0.25) is 0 Å². The Kier molecular flexibility index (Phi) is 4.25. The van der Waals surface area contributed by atoms with E-state index in [2.05, 4.69) is 19.9 Å². The predicted molar refractivity (Wildman–Crippen MR) is 111 cm³/mol. The summed E-state index contributed by atoms with van der Waals surface area (Å²) >= 11 is 1.47. The maximum atomic E-state index is 12.5. The average molecular weight is 386 g/mol. The number of aromatic nitrogens is 3. The lowest BCUT2D eigenvalue weighted by Crippen LogP contribution is -2.12. The lowest BCUT2D eigenvalue weighted by molar-refractivity contribution is 0.102. The highest BCUT2D eigenvalue weighted by Crippen LogP contribution is 2.27. The molecular formula is C22H18N4OS. The minimum absolute atomic E-state index is 0.198. The second-order valence-corrected chi connectivity index (χ2v) is 7.61. The van der Waals surface area contributed by atoms with Crippen LogP contribution in [0.5, 0.6) is 0 Å². The van der Waals surface area contributed by atoms with Crippen molar-refractivity contribution in [3.8, 4) is 21.8 Å². The number of carbonyl (C=O) groups excluding carboxylic acids is 1. The van der Waals surface area contributed by atoms with Crippen LogP contribution in [0, 0.1) is 0 Å². The minimum Gasteiger partial charge on any atom is -0.328 e. The molecule has 0 atom stereocenters. The van der Waals surface area contributed by atoms with Crippen LogP contribution in [0.1, 0.15) is 22.7 Å². The fraction of sp³-hybridized carbons (Fsp3) is 0.136. The van der Waals surface area contributed by atoms with Gasteiger partial charge in [0.05, 0.1) is 11.9 Å². The Morgan fingerprint density at radius 2 is 1.86 bits per heavy atom. The number of nitrogens with zero attached hydrogens (tertiary/aromatic N) is 3. The number of hydrogen-bond acceptors (Lipinski definition) is 4. The third kappa shape index (κ3) is 3.12. The lowest BCUT2D eigenvalue weighted by atomic mass is 10.1. The van der Waals surface area contributed by atoms with E-state index < -0.39 is 0 Å². The summed E-state index contributed by atoms with van der Waals surface area (Å²) in [6.45, 7) is 1.02. The fourth-order valence-corrected chi connectivity index (χ4v) is 4.31. The SMILES string of the molecule is O=C(Nc1ccc(-c2cnc3n2CCC3)cc1)c1csc(-c2ccccc2)n1. The van der Waals surface area contributed by atoms with Gasteiger partial charge in [-0.1, -0.05) is 42.5 Å². The Balaban J connectivity index is 1.31. The first-order valence-electron chi connectivity index (χ1n) is 9.25.